The second-order valence-electron chi connectivity index (χ2n) is 14.7. The first-order valence-corrected chi connectivity index (χ1v) is 19.5. The molecule has 1 heterocycles. The highest BCUT2D eigenvalue weighted by atomic mass is 16.7. The minimum atomic E-state index is -1.04. The summed E-state index contributed by atoms with van der Waals surface area (Å²) in [6.07, 6.45) is 0.219. The number of rotatable bonds is 13. The molecule has 0 spiro atoms. The molecule has 7 aromatic carbocycles. The topological polar surface area (TPSA) is 40.5 Å². The summed E-state index contributed by atoms with van der Waals surface area (Å²) in [5.74, 6) is 0.714. The Bertz CT molecular complexity index is 2170. The summed E-state index contributed by atoms with van der Waals surface area (Å²) in [6, 6.07) is 66.6. The van der Waals surface area contributed by atoms with Crippen molar-refractivity contribution in [2.75, 3.05) is 35.8 Å². The van der Waals surface area contributed by atoms with Gasteiger partial charge >= 0.3 is 6.08 Å². The highest BCUT2D eigenvalue weighted by Gasteiger charge is 2.46. The predicted octanol–water partition coefficient (Wildman–Crippen LogP) is 10.9. The molecule has 0 atom stereocenters. The number of nitrogens with zero attached hydrogens (tertiary/aromatic N) is 4. The molecular weight excluding hydrogens is 701 g/mol. The van der Waals surface area contributed by atoms with Crippen LogP contribution in [0, 0.1) is 0 Å². The molecule has 284 valence electrons. The number of benzene rings is 7. The van der Waals surface area contributed by atoms with Gasteiger partial charge in [0, 0.05) is 87.1 Å². The summed E-state index contributed by atoms with van der Waals surface area (Å²) in [7, 11) is 5.78. The maximum atomic E-state index is 6.99. The van der Waals surface area contributed by atoms with E-state index in [9.17, 15) is 0 Å². The van der Waals surface area contributed by atoms with Crippen molar-refractivity contribution in [3.8, 4) is 5.75 Å². The Morgan fingerprint density at radius 1 is 0.456 bits per heavy atom. The molecule has 0 aromatic heterocycles. The molecule has 0 unspecified atom stereocenters. The third-order valence-electron chi connectivity index (χ3n) is 10.6. The summed E-state index contributed by atoms with van der Waals surface area (Å²) >= 11 is 0. The lowest BCUT2D eigenvalue weighted by Crippen LogP contribution is -2.41. The number of aliphatic imine (C=N–C) groups is 1. The lowest BCUT2D eigenvalue weighted by Gasteiger charge is -2.40. The van der Waals surface area contributed by atoms with E-state index in [0.29, 0.717) is 5.75 Å². The fraction of sp³-hybridized carbons (Fsp3) is 0.157. The Balaban J connectivity index is 1.22. The first-order valence-electron chi connectivity index (χ1n) is 19.5. The van der Waals surface area contributed by atoms with Crippen molar-refractivity contribution in [1.29, 1.82) is 0 Å². The van der Waals surface area contributed by atoms with E-state index in [1.165, 1.54) is 22.3 Å². The van der Waals surface area contributed by atoms with Crippen LogP contribution in [0.5, 0.6) is 5.75 Å². The maximum Gasteiger partial charge on any atom is 0.390 e. The van der Waals surface area contributed by atoms with Gasteiger partial charge in [-0.1, -0.05) is 146 Å². The van der Waals surface area contributed by atoms with E-state index in [4.69, 9.17) is 9.47 Å². The van der Waals surface area contributed by atoms with Gasteiger partial charge in [0.1, 0.15) is 5.75 Å². The normalized spacial score (nSPS) is 13.6. The molecule has 7 aromatic rings. The highest BCUT2D eigenvalue weighted by Crippen LogP contribution is 2.49. The van der Waals surface area contributed by atoms with Crippen molar-refractivity contribution in [3.63, 3.8) is 0 Å². The molecule has 0 N–H and O–H groups in total. The standard InChI is InChI=1S/C51H48N4O2/c1-52-50-56-49-34-47(53(2)3)32-33-48(49)51(57-50,43-24-28-45(29-25-43)54(35-39-16-8-4-9-17-39)36-40-18-10-5-11-19-40)44-26-30-46(31-27-44)55(37-41-20-12-6-13-21-41)38-42-22-14-7-15-23-42/h4-34H,35-38H2,1-3H3. The van der Waals surface area contributed by atoms with E-state index >= 15 is 0 Å². The number of hydrogen-bond acceptors (Lipinski definition) is 6. The first kappa shape index (κ1) is 37.1. The summed E-state index contributed by atoms with van der Waals surface area (Å²) in [5, 5.41) is 0. The second-order valence-corrected chi connectivity index (χ2v) is 14.7. The van der Waals surface area contributed by atoms with Crippen LogP contribution in [-0.2, 0) is 36.5 Å². The van der Waals surface area contributed by atoms with Crippen molar-refractivity contribution in [2.45, 2.75) is 31.8 Å². The van der Waals surface area contributed by atoms with E-state index in [0.717, 1.165) is 59.9 Å². The second kappa shape index (κ2) is 16.9. The highest BCUT2D eigenvalue weighted by molar-refractivity contribution is 5.78. The zero-order valence-corrected chi connectivity index (χ0v) is 32.8. The summed E-state index contributed by atoms with van der Waals surface area (Å²) in [6.45, 7) is 3.10. The average Bonchev–Trinajstić information content (AvgIpc) is 3.27. The quantitative estimate of drug-likeness (QED) is 0.117. The van der Waals surface area contributed by atoms with E-state index in [1.807, 2.05) is 14.1 Å². The third-order valence-corrected chi connectivity index (χ3v) is 10.6. The maximum absolute atomic E-state index is 6.99. The van der Waals surface area contributed by atoms with Gasteiger partial charge in [-0.15, -0.1) is 0 Å². The number of anilines is 3. The molecule has 1 aliphatic heterocycles. The van der Waals surface area contributed by atoms with Crippen molar-refractivity contribution in [2.24, 2.45) is 4.99 Å². The predicted molar refractivity (Wildman–Crippen MR) is 234 cm³/mol. The average molecular weight is 749 g/mol. The van der Waals surface area contributed by atoms with Crippen LogP contribution in [0.2, 0.25) is 0 Å². The fourth-order valence-corrected chi connectivity index (χ4v) is 7.66. The molecule has 0 bridgehead atoms. The van der Waals surface area contributed by atoms with Crippen LogP contribution in [-0.4, -0.2) is 27.2 Å². The third kappa shape index (κ3) is 8.26. The van der Waals surface area contributed by atoms with Gasteiger partial charge in [-0.2, -0.15) is 0 Å². The fourth-order valence-electron chi connectivity index (χ4n) is 7.66. The Morgan fingerprint density at radius 3 is 1.18 bits per heavy atom. The summed E-state index contributed by atoms with van der Waals surface area (Å²) < 4.78 is 13.3. The molecule has 0 fully saturated rings. The molecule has 0 radical (unpaired) electrons. The Hall–Kier alpha value is -6.79. The lowest BCUT2D eigenvalue weighted by molar-refractivity contribution is 0.0826. The van der Waals surface area contributed by atoms with E-state index in [-0.39, 0.29) is 6.08 Å². The molecule has 0 saturated carbocycles. The summed E-state index contributed by atoms with van der Waals surface area (Å²) in [5.41, 5.74) is 10.1. The van der Waals surface area contributed by atoms with Crippen LogP contribution in [0.4, 0.5) is 17.1 Å². The Morgan fingerprint density at radius 2 is 0.825 bits per heavy atom. The molecule has 0 aliphatic carbocycles. The van der Waals surface area contributed by atoms with Gasteiger partial charge in [0.2, 0.25) is 0 Å². The number of ether oxygens (including phenoxy) is 2. The minimum absolute atomic E-state index is 0.219. The van der Waals surface area contributed by atoms with Crippen LogP contribution in [0.1, 0.15) is 38.9 Å². The van der Waals surface area contributed by atoms with Gasteiger partial charge in [0.15, 0.2) is 5.60 Å². The minimum Gasteiger partial charge on any atom is -0.429 e. The van der Waals surface area contributed by atoms with Gasteiger partial charge in [0.05, 0.1) is 0 Å². The zero-order valence-electron chi connectivity index (χ0n) is 32.8. The van der Waals surface area contributed by atoms with Gasteiger partial charge in [-0.25, -0.2) is 4.99 Å². The number of hydrogen-bond donors (Lipinski definition) is 0. The van der Waals surface area contributed by atoms with Crippen LogP contribution >= 0.6 is 0 Å². The van der Waals surface area contributed by atoms with E-state index in [2.05, 4.69) is 208 Å². The van der Waals surface area contributed by atoms with Crippen LogP contribution in [0.3, 0.4) is 0 Å². The van der Waals surface area contributed by atoms with Gasteiger partial charge in [0.25, 0.3) is 0 Å². The van der Waals surface area contributed by atoms with Crippen LogP contribution in [0.25, 0.3) is 0 Å². The monoisotopic (exact) mass is 748 g/mol. The van der Waals surface area contributed by atoms with Crippen molar-refractivity contribution >= 4 is 23.1 Å². The molecule has 8 rings (SSSR count). The van der Waals surface area contributed by atoms with Crippen LogP contribution < -0.4 is 19.4 Å². The molecule has 0 amide bonds. The molecule has 6 nitrogen and oxygen atoms in total. The number of fused-ring (bicyclic) bond motifs is 1. The lowest BCUT2D eigenvalue weighted by atomic mass is 9.78. The summed E-state index contributed by atoms with van der Waals surface area (Å²) in [4.78, 5) is 11.4. The first-order chi connectivity index (χ1) is 28.0. The van der Waals surface area contributed by atoms with Gasteiger partial charge in [-0.05, 0) is 58.7 Å². The molecule has 1 aliphatic rings. The molecule has 57 heavy (non-hydrogen) atoms. The SMILES string of the molecule is CN=C1Oc2cc(N(C)C)ccc2C(c2ccc(N(Cc3ccccc3)Cc3ccccc3)cc2)(c2ccc(N(Cc3ccccc3)Cc3ccccc3)cc2)O1. The Kier molecular flexibility index (Phi) is 11.0. The van der Waals surface area contributed by atoms with Crippen molar-refractivity contribution < 1.29 is 9.47 Å². The largest absolute Gasteiger partial charge is 0.429 e. The Labute approximate surface area is 336 Å². The molecule has 0 saturated heterocycles. The van der Waals surface area contributed by atoms with Crippen molar-refractivity contribution in [1.82, 2.24) is 0 Å². The van der Waals surface area contributed by atoms with Gasteiger partial charge in [-0.3, -0.25) is 0 Å². The van der Waals surface area contributed by atoms with E-state index in [1.54, 1.807) is 7.05 Å². The van der Waals surface area contributed by atoms with E-state index < -0.39 is 5.60 Å². The van der Waals surface area contributed by atoms with Crippen LogP contribution in [0.15, 0.2) is 193 Å². The van der Waals surface area contributed by atoms with Gasteiger partial charge < -0.3 is 24.2 Å². The molecular formula is C51H48N4O2. The smallest absolute Gasteiger partial charge is 0.390 e. The van der Waals surface area contributed by atoms with Crippen molar-refractivity contribution in [3.05, 3.63) is 227 Å². The molecule has 6 heteroatoms. The zero-order chi connectivity index (χ0) is 39.0.